The number of carboxylic acid groups (broad SMARTS) is 1. The fourth-order valence-electron chi connectivity index (χ4n) is 0.917. The highest BCUT2D eigenvalue weighted by molar-refractivity contribution is 6.36. The van der Waals surface area contributed by atoms with Crippen molar-refractivity contribution < 1.29 is 19.4 Å². The number of hydrogen-bond acceptors (Lipinski definition) is 2. The molecule has 3 nitrogen and oxygen atoms in total. The average molecular weight is 239 g/mol. The number of carboxylic acids is 1. The summed E-state index contributed by atoms with van der Waals surface area (Å²) in [6, 6.07) is 2.12. The van der Waals surface area contributed by atoms with Crippen LogP contribution in [0.25, 0.3) is 0 Å². The van der Waals surface area contributed by atoms with Crippen LogP contribution in [0.15, 0.2) is 12.1 Å². The monoisotopic (exact) mass is 238 g/mol. The summed E-state index contributed by atoms with van der Waals surface area (Å²) in [5, 5.41) is 17.1. The number of hydrogen-bond donors (Lipinski definition) is 2. The van der Waals surface area contributed by atoms with E-state index in [2.05, 4.69) is 0 Å². The quantitative estimate of drug-likeness (QED) is 0.778. The van der Waals surface area contributed by atoms with Crippen molar-refractivity contribution in [2.24, 2.45) is 0 Å². The Balaban J connectivity index is 3.32. The molecule has 2 N–H and O–H groups in total. The lowest BCUT2D eigenvalue weighted by Crippen LogP contribution is -2.12. The summed E-state index contributed by atoms with van der Waals surface area (Å²) >= 11 is 11.0. The lowest BCUT2D eigenvalue weighted by Gasteiger charge is -2.10. The molecule has 1 aromatic rings. The SMILES string of the molecule is O=C(O)C(O)c1c(Cl)ccc(F)c1Cl. The number of aliphatic hydroxyl groups is 1. The van der Waals surface area contributed by atoms with Gasteiger partial charge < -0.3 is 10.2 Å². The van der Waals surface area contributed by atoms with Gasteiger partial charge >= 0.3 is 5.97 Å². The van der Waals surface area contributed by atoms with Gasteiger partial charge in [-0.25, -0.2) is 9.18 Å². The zero-order valence-corrected chi connectivity index (χ0v) is 8.18. The van der Waals surface area contributed by atoms with Crippen LogP contribution in [0, 0.1) is 5.82 Å². The summed E-state index contributed by atoms with van der Waals surface area (Å²) < 4.78 is 12.9. The second-order valence-electron chi connectivity index (χ2n) is 2.50. The molecule has 14 heavy (non-hydrogen) atoms. The van der Waals surface area contributed by atoms with Crippen molar-refractivity contribution >= 4 is 29.2 Å². The van der Waals surface area contributed by atoms with Crippen molar-refractivity contribution in [2.45, 2.75) is 6.10 Å². The molecular weight excluding hydrogens is 234 g/mol. The number of halogens is 3. The molecule has 0 aliphatic rings. The summed E-state index contributed by atoms with van der Waals surface area (Å²) in [7, 11) is 0. The number of aliphatic carboxylic acids is 1. The maximum absolute atomic E-state index is 12.9. The van der Waals surface area contributed by atoms with Crippen molar-refractivity contribution in [3.05, 3.63) is 33.6 Å². The molecule has 1 aromatic carbocycles. The van der Waals surface area contributed by atoms with Crippen molar-refractivity contribution in [3.63, 3.8) is 0 Å². The molecule has 0 aliphatic carbocycles. The Morgan fingerprint density at radius 2 is 2.00 bits per heavy atom. The predicted octanol–water partition coefficient (Wildman–Crippen LogP) is 2.25. The van der Waals surface area contributed by atoms with E-state index in [1.807, 2.05) is 0 Å². The highest BCUT2D eigenvalue weighted by atomic mass is 35.5. The van der Waals surface area contributed by atoms with Crippen molar-refractivity contribution in [1.29, 1.82) is 0 Å². The molecular formula is C8H5Cl2FO3. The van der Waals surface area contributed by atoms with Gasteiger partial charge in [0.05, 0.1) is 5.02 Å². The van der Waals surface area contributed by atoms with Crippen LogP contribution in [0.2, 0.25) is 10.0 Å². The summed E-state index contributed by atoms with van der Waals surface area (Å²) in [6.45, 7) is 0. The largest absolute Gasteiger partial charge is 0.479 e. The van der Waals surface area contributed by atoms with E-state index in [0.29, 0.717) is 0 Å². The molecule has 1 unspecified atom stereocenters. The predicted molar refractivity (Wildman–Crippen MR) is 49.0 cm³/mol. The summed E-state index contributed by atoms with van der Waals surface area (Å²) in [5.74, 6) is -2.37. The Bertz CT molecular complexity index is 381. The van der Waals surface area contributed by atoms with Crippen LogP contribution in [0.5, 0.6) is 0 Å². The van der Waals surface area contributed by atoms with Gasteiger partial charge in [-0.3, -0.25) is 0 Å². The second-order valence-corrected chi connectivity index (χ2v) is 3.28. The van der Waals surface area contributed by atoms with Crippen LogP contribution in [0.3, 0.4) is 0 Å². The van der Waals surface area contributed by atoms with Gasteiger partial charge in [0.2, 0.25) is 0 Å². The van der Waals surface area contributed by atoms with Gasteiger partial charge in [0.25, 0.3) is 0 Å². The first-order valence-corrected chi connectivity index (χ1v) is 4.25. The molecule has 0 aromatic heterocycles. The third-order valence-electron chi connectivity index (χ3n) is 1.59. The van der Waals surface area contributed by atoms with Gasteiger partial charge in [0, 0.05) is 10.6 Å². The summed E-state index contributed by atoms with van der Waals surface area (Å²) in [4.78, 5) is 10.4. The highest BCUT2D eigenvalue weighted by Gasteiger charge is 2.23. The highest BCUT2D eigenvalue weighted by Crippen LogP contribution is 2.32. The third kappa shape index (κ3) is 1.97. The molecule has 1 atom stereocenters. The molecule has 0 amide bonds. The molecule has 76 valence electrons. The Kier molecular flexibility index (Phi) is 3.31. The maximum Gasteiger partial charge on any atom is 0.337 e. The topological polar surface area (TPSA) is 57.5 Å². The van der Waals surface area contributed by atoms with E-state index >= 15 is 0 Å². The lowest BCUT2D eigenvalue weighted by atomic mass is 10.1. The van der Waals surface area contributed by atoms with E-state index in [-0.39, 0.29) is 10.6 Å². The molecule has 0 heterocycles. The zero-order chi connectivity index (χ0) is 10.9. The first-order chi connectivity index (χ1) is 6.45. The number of rotatable bonds is 2. The van der Waals surface area contributed by atoms with E-state index in [4.69, 9.17) is 33.4 Å². The minimum absolute atomic E-state index is 0.0914. The average Bonchev–Trinajstić information content (AvgIpc) is 2.12. The molecule has 0 saturated heterocycles. The molecule has 0 radical (unpaired) electrons. The smallest absolute Gasteiger partial charge is 0.337 e. The van der Waals surface area contributed by atoms with E-state index < -0.39 is 22.9 Å². The van der Waals surface area contributed by atoms with E-state index in [1.54, 1.807) is 0 Å². The van der Waals surface area contributed by atoms with Crippen LogP contribution in [-0.2, 0) is 4.79 Å². The van der Waals surface area contributed by atoms with Gasteiger partial charge in [-0.2, -0.15) is 0 Å². The summed E-state index contributed by atoms with van der Waals surface area (Å²) in [5.41, 5.74) is -0.333. The minimum atomic E-state index is -1.93. The number of carbonyl (C=O) groups is 1. The van der Waals surface area contributed by atoms with Crippen molar-refractivity contribution in [2.75, 3.05) is 0 Å². The Morgan fingerprint density at radius 1 is 1.43 bits per heavy atom. The fraction of sp³-hybridized carbons (Fsp3) is 0.125. The molecule has 0 fully saturated rings. The fourth-order valence-corrected chi connectivity index (χ4v) is 1.49. The van der Waals surface area contributed by atoms with Gasteiger partial charge in [0.15, 0.2) is 6.10 Å². The van der Waals surface area contributed by atoms with E-state index in [1.165, 1.54) is 0 Å². The second kappa shape index (κ2) is 4.13. The number of aliphatic hydroxyl groups excluding tert-OH is 1. The normalized spacial score (nSPS) is 12.6. The van der Waals surface area contributed by atoms with E-state index in [9.17, 15) is 9.18 Å². The zero-order valence-electron chi connectivity index (χ0n) is 6.67. The van der Waals surface area contributed by atoms with Crippen molar-refractivity contribution in [3.8, 4) is 0 Å². The Morgan fingerprint density at radius 3 is 2.50 bits per heavy atom. The van der Waals surface area contributed by atoms with E-state index in [0.717, 1.165) is 12.1 Å². The molecule has 0 saturated carbocycles. The van der Waals surface area contributed by atoms with Crippen LogP contribution in [0.4, 0.5) is 4.39 Å². The van der Waals surface area contributed by atoms with Crippen LogP contribution >= 0.6 is 23.2 Å². The Hall–Kier alpha value is -0.840. The van der Waals surface area contributed by atoms with Crippen molar-refractivity contribution in [1.82, 2.24) is 0 Å². The van der Waals surface area contributed by atoms with Gasteiger partial charge in [-0.15, -0.1) is 0 Å². The van der Waals surface area contributed by atoms with Crippen LogP contribution < -0.4 is 0 Å². The van der Waals surface area contributed by atoms with Gasteiger partial charge in [-0.1, -0.05) is 23.2 Å². The molecule has 6 heteroatoms. The molecule has 1 rings (SSSR count). The first-order valence-electron chi connectivity index (χ1n) is 3.49. The van der Waals surface area contributed by atoms with Gasteiger partial charge in [0.1, 0.15) is 5.82 Å². The minimum Gasteiger partial charge on any atom is -0.479 e. The maximum atomic E-state index is 12.9. The third-order valence-corrected chi connectivity index (χ3v) is 2.30. The van der Waals surface area contributed by atoms with Gasteiger partial charge in [-0.05, 0) is 12.1 Å². The molecule has 0 bridgehead atoms. The summed E-state index contributed by atoms with van der Waals surface area (Å²) in [6.07, 6.45) is -1.93. The standard InChI is InChI=1S/C8H5Cl2FO3/c9-3-1-2-4(11)6(10)5(3)7(12)8(13)14/h1-2,7,12H,(H,13,14). The number of benzene rings is 1. The lowest BCUT2D eigenvalue weighted by molar-refractivity contribution is -0.146. The van der Waals surface area contributed by atoms with Crippen LogP contribution in [0.1, 0.15) is 11.7 Å². The molecule has 0 aliphatic heterocycles. The Labute approximate surface area is 88.7 Å². The molecule has 0 spiro atoms. The van der Waals surface area contributed by atoms with Crippen LogP contribution in [-0.4, -0.2) is 16.2 Å². The first kappa shape index (κ1) is 11.2.